The number of carbonyl (C=O) groups excluding carboxylic acids is 1. The van der Waals surface area contributed by atoms with E-state index in [0.717, 1.165) is 36.2 Å². The number of likely N-dealkylation sites (tertiary alicyclic amines) is 1. The minimum atomic E-state index is 0.161. The molecule has 0 aliphatic carbocycles. The number of piperidine rings is 1. The molecule has 1 aliphatic heterocycles. The van der Waals surface area contributed by atoms with Crippen molar-refractivity contribution in [3.05, 3.63) is 34.4 Å². The van der Waals surface area contributed by atoms with Gasteiger partial charge in [-0.25, -0.2) is 0 Å². The number of rotatable bonds is 1. The molecule has 0 aromatic heterocycles. The van der Waals surface area contributed by atoms with Crippen LogP contribution in [0.15, 0.2) is 12.1 Å². The van der Waals surface area contributed by atoms with E-state index < -0.39 is 0 Å². The van der Waals surface area contributed by atoms with E-state index in [2.05, 4.69) is 26.0 Å². The Morgan fingerprint density at radius 1 is 1.26 bits per heavy atom. The zero-order valence-electron chi connectivity index (χ0n) is 12.4. The SMILES string of the molecule is Cc1cc(C)c(C(=O)N2CCC(N)C(C)C2)c(C)c1. The summed E-state index contributed by atoms with van der Waals surface area (Å²) in [6, 6.07) is 4.39. The summed E-state index contributed by atoms with van der Waals surface area (Å²) in [5.74, 6) is 0.539. The quantitative estimate of drug-likeness (QED) is 0.843. The molecule has 1 amide bonds. The molecule has 2 N–H and O–H groups in total. The molecule has 2 atom stereocenters. The Morgan fingerprint density at radius 3 is 2.37 bits per heavy atom. The number of amides is 1. The van der Waals surface area contributed by atoms with Crippen molar-refractivity contribution in [2.24, 2.45) is 11.7 Å². The second-order valence-corrected chi connectivity index (χ2v) is 5.95. The minimum absolute atomic E-state index is 0.161. The zero-order valence-corrected chi connectivity index (χ0v) is 12.4. The maximum Gasteiger partial charge on any atom is 0.254 e. The van der Waals surface area contributed by atoms with Gasteiger partial charge in [-0.3, -0.25) is 4.79 Å². The van der Waals surface area contributed by atoms with E-state index in [-0.39, 0.29) is 11.9 Å². The molecule has 0 radical (unpaired) electrons. The lowest BCUT2D eigenvalue weighted by atomic mass is 9.93. The number of hydrogen-bond acceptors (Lipinski definition) is 2. The van der Waals surface area contributed by atoms with Crippen LogP contribution in [0.5, 0.6) is 0 Å². The van der Waals surface area contributed by atoms with Crippen molar-refractivity contribution in [3.63, 3.8) is 0 Å². The Hall–Kier alpha value is -1.35. The van der Waals surface area contributed by atoms with Crippen LogP contribution >= 0.6 is 0 Å². The van der Waals surface area contributed by atoms with Gasteiger partial charge in [0.15, 0.2) is 0 Å². The summed E-state index contributed by atoms with van der Waals surface area (Å²) in [7, 11) is 0. The van der Waals surface area contributed by atoms with E-state index in [1.54, 1.807) is 0 Å². The third kappa shape index (κ3) is 2.81. The fraction of sp³-hybridized carbons (Fsp3) is 0.562. The van der Waals surface area contributed by atoms with Crippen LogP contribution in [0.1, 0.15) is 40.4 Å². The van der Waals surface area contributed by atoms with Gasteiger partial charge in [-0.1, -0.05) is 24.6 Å². The lowest BCUT2D eigenvalue weighted by molar-refractivity contribution is 0.0662. The Kier molecular flexibility index (Phi) is 3.95. The summed E-state index contributed by atoms with van der Waals surface area (Å²) >= 11 is 0. The van der Waals surface area contributed by atoms with Gasteiger partial charge >= 0.3 is 0 Å². The molecule has 0 spiro atoms. The zero-order chi connectivity index (χ0) is 14.2. The molecule has 104 valence electrons. The van der Waals surface area contributed by atoms with E-state index in [0.29, 0.717) is 5.92 Å². The smallest absolute Gasteiger partial charge is 0.254 e. The molecule has 1 aromatic carbocycles. The van der Waals surface area contributed by atoms with E-state index in [9.17, 15) is 4.79 Å². The summed E-state index contributed by atoms with van der Waals surface area (Å²) in [6.07, 6.45) is 0.900. The van der Waals surface area contributed by atoms with Gasteiger partial charge in [-0.2, -0.15) is 0 Å². The van der Waals surface area contributed by atoms with Crippen molar-refractivity contribution in [1.29, 1.82) is 0 Å². The van der Waals surface area contributed by atoms with Gasteiger partial charge in [0.2, 0.25) is 0 Å². The molecular formula is C16H24N2O. The molecule has 19 heavy (non-hydrogen) atoms. The van der Waals surface area contributed by atoms with Crippen molar-refractivity contribution >= 4 is 5.91 Å². The highest BCUT2D eigenvalue weighted by molar-refractivity contribution is 5.97. The fourth-order valence-corrected chi connectivity index (χ4v) is 3.02. The monoisotopic (exact) mass is 260 g/mol. The molecule has 3 heteroatoms. The first kappa shape index (κ1) is 14.1. The van der Waals surface area contributed by atoms with Crippen molar-refractivity contribution in [2.45, 2.75) is 40.2 Å². The second-order valence-electron chi connectivity index (χ2n) is 5.95. The average Bonchev–Trinajstić information content (AvgIpc) is 2.31. The van der Waals surface area contributed by atoms with Gasteiger partial charge in [-0.15, -0.1) is 0 Å². The predicted molar refractivity (Wildman–Crippen MR) is 78.3 cm³/mol. The topological polar surface area (TPSA) is 46.3 Å². The molecule has 1 saturated heterocycles. The highest BCUT2D eigenvalue weighted by Crippen LogP contribution is 2.22. The predicted octanol–water partition coefficient (Wildman–Crippen LogP) is 2.42. The van der Waals surface area contributed by atoms with Gasteiger partial charge in [0.05, 0.1) is 0 Å². The molecule has 0 saturated carbocycles. The van der Waals surface area contributed by atoms with Crippen molar-refractivity contribution in [2.75, 3.05) is 13.1 Å². The van der Waals surface area contributed by atoms with Crippen molar-refractivity contribution in [1.82, 2.24) is 4.90 Å². The molecule has 2 unspecified atom stereocenters. The van der Waals surface area contributed by atoms with E-state index >= 15 is 0 Å². The minimum Gasteiger partial charge on any atom is -0.338 e. The molecule has 3 nitrogen and oxygen atoms in total. The number of hydrogen-bond donors (Lipinski definition) is 1. The third-order valence-electron chi connectivity index (χ3n) is 4.15. The number of nitrogens with two attached hydrogens (primary N) is 1. The van der Waals surface area contributed by atoms with E-state index in [1.165, 1.54) is 5.56 Å². The summed E-state index contributed by atoms with van der Waals surface area (Å²) in [5.41, 5.74) is 10.2. The summed E-state index contributed by atoms with van der Waals surface area (Å²) in [6.45, 7) is 9.78. The Morgan fingerprint density at radius 2 is 1.84 bits per heavy atom. The van der Waals surface area contributed by atoms with Crippen molar-refractivity contribution < 1.29 is 4.79 Å². The van der Waals surface area contributed by atoms with Gasteiger partial charge < -0.3 is 10.6 Å². The number of carbonyl (C=O) groups is 1. The summed E-state index contributed by atoms with van der Waals surface area (Å²) < 4.78 is 0. The van der Waals surface area contributed by atoms with Crippen LogP contribution in [-0.4, -0.2) is 29.9 Å². The van der Waals surface area contributed by atoms with Gasteiger partial charge in [0.1, 0.15) is 0 Å². The number of nitrogens with zero attached hydrogens (tertiary/aromatic N) is 1. The first-order chi connectivity index (χ1) is 8.90. The molecular weight excluding hydrogens is 236 g/mol. The Balaban J connectivity index is 2.25. The van der Waals surface area contributed by atoms with Crippen LogP contribution in [0.25, 0.3) is 0 Å². The van der Waals surface area contributed by atoms with Crippen molar-refractivity contribution in [3.8, 4) is 0 Å². The van der Waals surface area contributed by atoms with Crippen LogP contribution in [-0.2, 0) is 0 Å². The lowest BCUT2D eigenvalue weighted by Gasteiger charge is -2.35. The van der Waals surface area contributed by atoms with E-state index in [4.69, 9.17) is 5.73 Å². The maximum absolute atomic E-state index is 12.7. The van der Waals surface area contributed by atoms with E-state index in [1.807, 2.05) is 18.7 Å². The van der Waals surface area contributed by atoms with Crippen LogP contribution in [0.3, 0.4) is 0 Å². The van der Waals surface area contributed by atoms with Gasteiger partial charge in [0, 0.05) is 24.7 Å². The fourth-order valence-electron chi connectivity index (χ4n) is 3.02. The van der Waals surface area contributed by atoms with Crippen LogP contribution in [0, 0.1) is 26.7 Å². The molecule has 1 aromatic rings. The first-order valence-corrected chi connectivity index (χ1v) is 7.03. The standard InChI is InChI=1S/C16H24N2O/c1-10-7-11(2)15(12(3)8-10)16(19)18-6-5-14(17)13(4)9-18/h7-8,13-14H,5-6,9,17H2,1-4H3. The summed E-state index contributed by atoms with van der Waals surface area (Å²) in [4.78, 5) is 14.6. The van der Waals surface area contributed by atoms with Crippen LogP contribution in [0.4, 0.5) is 0 Å². The first-order valence-electron chi connectivity index (χ1n) is 7.03. The molecule has 1 aliphatic rings. The molecule has 1 heterocycles. The van der Waals surface area contributed by atoms with Crippen LogP contribution in [0.2, 0.25) is 0 Å². The second kappa shape index (κ2) is 5.33. The number of aryl methyl sites for hydroxylation is 3. The molecule has 1 fully saturated rings. The number of benzene rings is 1. The average molecular weight is 260 g/mol. The highest BCUT2D eigenvalue weighted by Gasteiger charge is 2.28. The maximum atomic E-state index is 12.7. The summed E-state index contributed by atoms with van der Waals surface area (Å²) in [5, 5.41) is 0. The lowest BCUT2D eigenvalue weighted by Crippen LogP contribution is -2.48. The Bertz CT molecular complexity index is 473. The normalized spacial score (nSPS) is 23.5. The van der Waals surface area contributed by atoms with Gasteiger partial charge in [-0.05, 0) is 44.2 Å². The largest absolute Gasteiger partial charge is 0.338 e. The third-order valence-corrected chi connectivity index (χ3v) is 4.15. The van der Waals surface area contributed by atoms with Gasteiger partial charge in [0.25, 0.3) is 5.91 Å². The molecule has 2 rings (SSSR count). The van der Waals surface area contributed by atoms with Crippen LogP contribution < -0.4 is 5.73 Å². The molecule has 0 bridgehead atoms. The highest BCUT2D eigenvalue weighted by atomic mass is 16.2. The Labute approximate surface area is 115 Å².